The fourth-order valence-electron chi connectivity index (χ4n) is 6.47. The van der Waals surface area contributed by atoms with Crippen molar-refractivity contribution >= 4 is 48.2 Å². The monoisotopic (exact) mass is 776 g/mol. The molecule has 5 N–H and O–H groups in total. The zero-order valence-electron chi connectivity index (χ0n) is 32.4. The van der Waals surface area contributed by atoms with Gasteiger partial charge in [-0.05, 0) is 65.5 Å². The van der Waals surface area contributed by atoms with Gasteiger partial charge in [-0.15, -0.1) is 0 Å². The van der Waals surface area contributed by atoms with Gasteiger partial charge < -0.3 is 34.1 Å². The normalized spacial score (nSPS) is 12.8. The Kier molecular flexibility index (Phi) is 11.7. The van der Waals surface area contributed by atoms with Crippen molar-refractivity contribution in [3.05, 3.63) is 129 Å². The number of pyridine rings is 1. The molecule has 0 fully saturated rings. The molecule has 0 saturated heterocycles. The SMILES string of the molecule is COc1cc2c(cc1CNC[C@H](O[Si](C)(C)C(C)(C)C)c1ccc(O)c3[nH]c(=O)ccc13)oc(=O)n2CC/C=C/c1ccc(-c2ccccc2)c(NC(=O)O)c1. The van der Waals surface area contributed by atoms with Crippen LogP contribution in [0.4, 0.5) is 10.5 Å². The van der Waals surface area contributed by atoms with E-state index < -0.39 is 26.3 Å². The second-order valence-electron chi connectivity index (χ2n) is 15.2. The molecule has 0 aliphatic rings. The van der Waals surface area contributed by atoms with Crippen LogP contribution < -0.4 is 26.7 Å². The predicted molar refractivity (Wildman–Crippen MR) is 223 cm³/mol. The highest BCUT2D eigenvalue weighted by Crippen LogP contribution is 2.41. The van der Waals surface area contributed by atoms with E-state index in [-0.39, 0.29) is 16.3 Å². The van der Waals surface area contributed by atoms with E-state index in [0.29, 0.717) is 59.5 Å². The highest BCUT2D eigenvalue weighted by atomic mass is 28.4. The van der Waals surface area contributed by atoms with E-state index >= 15 is 0 Å². The van der Waals surface area contributed by atoms with Gasteiger partial charge in [0.25, 0.3) is 0 Å². The van der Waals surface area contributed by atoms with Crippen molar-refractivity contribution in [3.8, 4) is 22.6 Å². The summed E-state index contributed by atoms with van der Waals surface area (Å²) in [6, 6.07) is 25.3. The molecule has 1 atom stereocenters. The Labute approximate surface area is 325 Å². The maximum Gasteiger partial charge on any atom is 0.419 e. The molecule has 12 nitrogen and oxygen atoms in total. The number of fused-ring (bicyclic) bond motifs is 2. The van der Waals surface area contributed by atoms with Crippen molar-refractivity contribution in [1.82, 2.24) is 14.9 Å². The zero-order chi connectivity index (χ0) is 40.2. The van der Waals surface area contributed by atoms with Gasteiger partial charge in [-0.2, -0.15) is 0 Å². The van der Waals surface area contributed by atoms with Crippen molar-refractivity contribution in [2.75, 3.05) is 19.0 Å². The number of nitrogens with one attached hydrogen (secondary N) is 3. The second kappa shape index (κ2) is 16.5. The number of anilines is 1. The molecule has 0 aliphatic carbocycles. The van der Waals surface area contributed by atoms with Crippen molar-refractivity contribution in [2.45, 2.75) is 64.5 Å². The largest absolute Gasteiger partial charge is 0.506 e. The van der Waals surface area contributed by atoms with Gasteiger partial charge in [0.2, 0.25) is 5.56 Å². The molecule has 2 heterocycles. The van der Waals surface area contributed by atoms with E-state index in [9.17, 15) is 24.6 Å². The van der Waals surface area contributed by atoms with Crippen molar-refractivity contribution < 1.29 is 28.6 Å². The summed E-state index contributed by atoms with van der Waals surface area (Å²) < 4.78 is 20.0. The highest BCUT2D eigenvalue weighted by molar-refractivity contribution is 6.74. The number of allylic oxidation sites excluding steroid dienone is 1. The molecule has 0 bridgehead atoms. The Bertz CT molecular complexity index is 2510. The zero-order valence-corrected chi connectivity index (χ0v) is 33.4. The number of aromatic nitrogens is 2. The molecular weight excluding hydrogens is 729 g/mol. The Balaban J connectivity index is 1.19. The number of carboxylic acid groups (broad SMARTS) is 1. The van der Waals surface area contributed by atoms with Crippen LogP contribution in [0.25, 0.3) is 39.2 Å². The Morgan fingerprint density at radius 1 is 1.02 bits per heavy atom. The number of carbonyl (C=O) groups is 1. The van der Waals surface area contributed by atoms with Crippen LogP contribution in [0.5, 0.6) is 11.5 Å². The number of phenolic OH excluding ortho intramolecular Hbond substituents is 1. The number of ether oxygens (including phenoxy) is 1. The summed E-state index contributed by atoms with van der Waals surface area (Å²) in [5.41, 5.74) is 5.67. The van der Waals surface area contributed by atoms with Gasteiger partial charge in [0.1, 0.15) is 11.5 Å². The molecule has 13 heteroatoms. The number of rotatable bonds is 14. The molecule has 1 amide bonds. The third-order valence-electron chi connectivity index (χ3n) is 10.4. The molecule has 0 saturated carbocycles. The van der Waals surface area contributed by atoms with Crippen LogP contribution in [0.3, 0.4) is 0 Å². The maximum atomic E-state index is 13.1. The number of aromatic amines is 1. The number of H-pyrrole nitrogens is 1. The number of aromatic hydroxyl groups is 1. The first kappa shape index (κ1) is 39.8. The standard InChI is InChI=1S/C43H48N4O8Si/c1-43(2,3)56(5,6)55-38(31-17-19-35(48)40-32(31)18-20-39(49)46-40)26-44-25-29-23-37-34(24-36(29)53-4)47(42(52)54-37)21-11-10-12-27-15-16-30(28-13-8-7-9-14-28)33(22-27)45-41(50)51/h7-10,12-20,22-24,38,44-45,48H,11,21,25-26H2,1-6H3,(H,46,49)(H,50,51)/b12-10+/t38-/m0/s1. The predicted octanol–water partition coefficient (Wildman–Crippen LogP) is 8.86. The fraction of sp³-hybridized carbons (Fsp3) is 0.279. The molecule has 56 heavy (non-hydrogen) atoms. The molecule has 0 radical (unpaired) electrons. The summed E-state index contributed by atoms with van der Waals surface area (Å²) in [6.45, 7) is 12.0. The van der Waals surface area contributed by atoms with E-state index in [0.717, 1.165) is 27.8 Å². The van der Waals surface area contributed by atoms with E-state index in [2.05, 4.69) is 49.5 Å². The highest BCUT2D eigenvalue weighted by Gasteiger charge is 2.39. The summed E-state index contributed by atoms with van der Waals surface area (Å²) in [6.07, 6.45) is 2.78. The van der Waals surface area contributed by atoms with Crippen LogP contribution in [0.2, 0.25) is 18.1 Å². The van der Waals surface area contributed by atoms with Gasteiger partial charge in [0, 0.05) is 48.3 Å². The van der Waals surface area contributed by atoms with Gasteiger partial charge in [0.05, 0.1) is 29.9 Å². The second-order valence-corrected chi connectivity index (χ2v) is 20.0. The molecule has 2 aromatic heterocycles. The van der Waals surface area contributed by atoms with Crippen LogP contribution in [0, 0.1) is 0 Å². The summed E-state index contributed by atoms with van der Waals surface area (Å²) in [5, 5.41) is 26.6. The molecule has 0 aliphatic heterocycles. The number of methoxy groups -OCH3 is 1. The number of aryl methyl sites for hydroxylation is 1. The van der Waals surface area contributed by atoms with Gasteiger partial charge in [-0.3, -0.25) is 14.7 Å². The summed E-state index contributed by atoms with van der Waals surface area (Å²) in [5.74, 6) is 0.0864. The molecule has 6 rings (SSSR count). The number of phenols is 1. The lowest BCUT2D eigenvalue weighted by Gasteiger charge is -2.39. The molecular formula is C43H48N4O8Si. The third kappa shape index (κ3) is 8.81. The lowest BCUT2D eigenvalue weighted by Crippen LogP contribution is -2.43. The number of amides is 1. The van der Waals surface area contributed by atoms with Gasteiger partial charge >= 0.3 is 11.8 Å². The summed E-state index contributed by atoms with van der Waals surface area (Å²) >= 11 is 0. The minimum atomic E-state index is -2.29. The maximum absolute atomic E-state index is 13.1. The molecule has 292 valence electrons. The van der Waals surface area contributed by atoms with E-state index in [1.165, 1.54) is 6.07 Å². The smallest absolute Gasteiger partial charge is 0.419 e. The first-order valence-electron chi connectivity index (χ1n) is 18.4. The van der Waals surface area contributed by atoms with E-state index in [1.807, 2.05) is 66.7 Å². The Hall–Kier alpha value is -5.89. The average molecular weight is 777 g/mol. The van der Waals surface area contributed by atoms with Crippen molar-refractivity contribution in [2.24, 2.45) is 0 Å². The average Bonchev–Trinajstić information content (AvgIpc) is 3.45. The lowest BCUT2D eigenvalue weighted by atomic mass is 10.0. The van der Waals surface area contributed by atoms with Crippen LogP contribution in [0.1, 0.15) is 50.0 Å². The van der Waals surface area contributed by atoms with Crippen LogP contribution in [-0.4, -0.2) is 47.8 Å². The van der Waals surface area contributed by atoms with Crippen LogP contribution in [-0.2, 0) is 17.5 Å². The van der Waals surface area contributed by atoms with Crippen LogP contribution >= 0.6 is 0 Å². The number of hydrogen-bond donors (Lipinski definition) is 5. The molecule has 4 aromatic carbocycles. The summed E-state index contributed by atoms with van der Waals surface area (Å²) in [4.78, 5) is 39.5. The quantitative estimate of drug-likeness (QED) is 0.0679. The topological polar surface area (TPSA) is 168 Å². The van der Waals surface area contributed by atoms with Crippen molar-refractivity contribution in [1.29, 1.82) is 0 Å². The van der Waals surface area contributed by atoms with Gasteiger partial charge in [-0.25, -0.2) is 9.59 Å². The fourth-order valence-corrected chi connectivity index (χ4v) is 7.75. The molecule has 6 aromatic rings. The van der Waals surface area contributed by atoms with E-state index in [4.69, 9.17) is 13.6 Å². The summed E-state index contributed by atoms with van der Waals surface area (Å²) in [7, 11) is -0.705. The minimum absolute atomic E-state index is 0.0130. The van der Waals surface area contributed by atoms with Gasteiger partial charge in [0.15, 0.2) is 13.9 Å². The van der Waals surface area contributed by atoms with Crippen LogP contribution in [0.15, 0.2) is 105 Å². The number of benzene rings is 4. The van der Waals surface area contributed by atoms with Gasteiger partial charge in [-0.1, -0.05) is 81.5 Å². The molecule has 0 unspecified atom stereocenters. The Morgan fingerprint density at radius 2 is 1.79 bits per heavy atom. The van der Waals surface area contributed by atoms with Crippen molar-refractivity contribution in [3.63, 3.8) is 0 Å². The lowest BCUT2D eigenvalue weighted by molar-refractivity contribution is 0.181. The first-order valence-corrected chi connectivity index (χ1v) is 21.4. The Morgan fingerprint density at radius 3 is 2.50 bits per heavy atom. The number of hydrogen-bond acceptors (Lipinski definition) is 8. The molecule has 0 spiro atoms. The first-order chi connectivity index (χ1) is 26.6. The number of oxazole rings is 1. The van der Waals surface area contributed by atoms with E-state index in [1.54, 1.807) is 35.9 Å². The minimum Gasteiger partial charge on any atom is -0.506 e. The third-order valence-corrected chi connectivity index (χ3v) is 14.9. The number of nitrogens with zero attached hydrogens (tertiary/aromatic N) is 1.